The lowest BCUT2D eigenvalue weighted by atomic mass is 10.1. The summed E-state index contributed by atoms with van der Waals surface area (Å²) in [4.78, 5) is 14.5. The number of anilines is 1. The van der Waals surface area contributed by atoms with Crippen molar-refractivity contribution in [2.45, 2.75) is 26.7 Å². The fourth-order valence-electron chi connectivity index (χ4n) is 1.45. The first kappa shape index (κ1) is 13.4. The highest BCUT2D eigenvalue weighted by Crippen LogP contribution is 2.15. The normalized spacial score (nSPS) is 10.6. The maximum atomic E-state index is 13.6. The van der Waals surface area contributed by atoms with Gasteiger partial charge in [-0.25, -0.2) is 14.2 Å². The van der Waals surface area contributed by atoms with Gasteiger partial charge >= 0.3 is 5.97 Å². The molecule has 1 aromatic heterocycles. The number of hydrogen-bond donors (Lipinski definition) is 2. The summed E-state index contributed by atoms with van der Waals surface area (Å²) in [5.41, 5.74) is -0.355. The standard InChI is InChI=1S/C12H17FN2O2/c1-8(2)4-3-6-14-11-10(13)9(12(16)17)5-7-15-11/h5,7-8H,3-4,6H2,1-2H3,(H,14,15)(H,16,17). The molecule has 0 aliphatic carbocycles. The minimum Gasteiger partial charge on any atom is -0.478 e. The van der Waals surface area contributed by atoms with Gasteiger partial charge in [0, 0.05) is 12.7 Å². The van der Waals surface area contributed by atoms with E-state index < -0.39 is 11.8 Å². The van der Waals surface area contributed by atoms with Crippen LogP contribution in [0.2, 0.25) is 0 Å². The first-order valence-corrected chi connectivity index (χ1v) is 5.64. The van der Waals surface area contributed by atoms with E-state index in [1.54, 1.807) is 0 Å². The monoisotopic (exact) mass is 240 g/mol. The van der Waals surface area contributed by atoms with Crippen molar-refractivity contribution in [1.29, 1.82) is 0 Å². The molecule has 5 heteroatoms. The summed E-state index contributed by atoms with van der Waals surface area (Å²) in [6.07, 6.45) is 3.22. The molecule has 4 nitrogen and oxygen atoms in total. The van der Waals surface area contributed by atoms with Crippen LogP contribution in [0.3, 0.4) is 0 Å². The molecule has 0 aromatic carbocycles. The van der Waals surface area contributed by atoms with E-state index >= 15 is 0 Å². The highest BCUT2D eigenvalue weighted by atomic mass is 19.1. The van der Waals surface area contributed by atoms with Crippen LogP contribution in [-0.2, 0) is 0 Å². The van der Waals surface area contributed by atoms with Crippen molar-refractivity contribution >= 4 is 11.8 Å². The average molecular weight is 240 g/mol. The second kappa shape index (κ2) is 6.18. The van der Waals surface area contributed by atoms with Gasteiger partial charge in [-0.2, -0.15) is 0 Å². The fourth-order valence-corrected chi connectivity index (χ4v) is 1.45. The van der Waals surface area contributed by atoms with Crippen LogP contribution in [0.1, 0.15) is 37.0 Å². The zero-order valence-electron chi connectivity index (χ0n) is 10.0. The van der Waals surface area contributed by atoms with Crippen LogP contribution in [0.5, 0.6) is 0 Å². The number of rotatable bonds is 6. The Hall–Kier alpha value is -1.65. The minimum atomic E-state index is -1.28. The van der Waals surface area contributed by atoms with Crippen LogP contribution >= 0.6 is 0 Å². The fraction of sp³-hybridized carbons (Fsp3) is 0.500. The van der Waals surface area contributed by atoms with Crippen molar-refractivity contribution in [3.63, 3.8) is 0 Å². The summed E-state index contributed by atoms with van der Waals surface area (Å²) < 4.78 is 13.6. The Bertz CT molecular complexity index is 394. The maximum absolute atomic E-state index is 13.6. The van der Waals surface area contributed by atoms with E-state index in [4.69, 9.17) is 5.11 Å². The first-order valence-electron chi connectivity index (χ1n) is 5.64. The summed E-state index contributed by atoms with van der Waals surface area (Å²) in [6, 6.07) is 1.15. The molecule has 0 atom stereocenters. The molecule has 0 fully saturated rings. The average Bonchev–Trinajstić information content (AvgIpc) is 2.25. The minimum absolute atomic E-state index is 0.00801. The number of carbonyl (C=O) groups is 1. The van der Waals surface area contributed by atoms with Gasteiger partial charge in [-0.3, -0.25) is 0 Å². The number of aromatic carboxylic acids is 1. The smallest absolute Gasteiger partial charge is 0.338 e. The molecule has 0 spiro atoms. The molecule has 0 unspecified atom stereocenters. The molecule has 2 N–H and O–H groups in total. The van der Waals surface area contributed by atoms with E-state index in [1.165, 1.54) is 6.20 Å². The van der Waals surface area contributed by atoms with E-state index in [9.17, 15) is 9.18 Å². The zero-order chi connectivity index (χ0) is 12.8. The SMILES string of the molecule is CC(C)CCCNc1nccc(C(=O)O)c1F. The van der Waals surface area contributed by atoms with Gasteiger partial charge in [0.05, 0.1) is 0 Å². The Labute approximate surface area is 99.9 Å². The molecule has 0 saturated heterocycles. The third kappa shape index (κ3) is 4.01. The molecule has 0 aliphatic heterocycles. The lowest BCUT2D eigenvalue weighted by molar-refractivity contribution is 0.0692. The third-order valence-corrected chi connectivity index (χ3v) is 2.37. The summed E-state index contributed by atoms with van der Waals surface area (Å²) in [6.45, 7) is 4.82. The van der Waals surface area contributed by atoms with Crippen molar-refractivity contribution in [3.05, 3.63) is 23.6 Å². The van der Waals surface area contributed by atoms with Crippen LogP contribution in [0, 0.1) is 11.7 Å². The number of nitrogens with one attached hydrogen (secondary N) is 1. The van der Waals surface area contributed by atoms with Gasteiger partial charge in [-0.15, -0.1) is 0 Å². The Morgan fingerprint density at radius 1 is 1.59 bits per heavy atom. The largest absolute Gasteiger partial charge is 0.478 e. The van der Waals surface area contributed by atoms with Gasteiger partial charge in [-0.1, -0.05) is 13.8 Å². The van der Waals surface area contributed by atoms with E-state index in [-0.39, 0.29) is 11.4 Å². The van der Waals surface area contributed by atoms with Crippen LogP contribution in [0.25, 0.3) is 0 Å². The molecule has 0 radical (unpaired) electrons. The molecule has 17 heavy (non-hydrogen) atoms. The van der Waals surface area contributed by atoms with Gasteiger partial charge in [0.15, 0.2) is 11.6 Å². The number of carboxylic acids is 1. The molecule has 0 aliphatic rings. The van der Waals surface area contributed by atoms with Crippen molar-refractivity contribution in [2.75, 3.05) is 11.9 Å². The van der Waals surface area contributed by atoms with E-state index in [1.807, 2.05) is 0 Å². The Morgan fingerprint density at radius 2 is 2.29 bits per heavy atom. The van der Waals surface area contributed by atoms with Crippen LogP contribution < -0.4 is 5.32 Å². The molecule has 94 valence electrons. The number of carboxylic acid groups (broad SMARTS) is 1. The lowest BCUT2D eigenvalue weighted by Gasteiger charge is -2.08. The number of halogens is 1. The predicted molar refractivity (Wildman–Crippen MR) is 63.7 cm³/mol. The van der Waals surface area contributed by atoms with E-state index in [0.717, 1.165) is 18.9 Å². The maximum Gasteiger partial charge on any atom is 0.338 e. The number of hydrogen-bond acceptors (Lipinski definition) is 3. The molecule has 0 bridgehead atoms. The first-order chi connectivity index (χ1) is 8.02. The van der Waals surface area contributed by atoms with Crippen molar-refractivity contribution in [1.82, 2.24) is 4.98 Å². The molecular weight excluding hydrogens is 223 g/mol. The molecule has 0 amide bonds. The van der Waals surface area contributed by atoms with Gasteiger partial charge in [0.2, 0.25) is 0 Å². The lowest BCUT2D eigenvalue weighted by Crippen LogP contribution is -2.10. The number of aromatic nitrogens is 1. The summed E-state index contributed by atoms with van der Waals surface area (Å²) in [5.74, 6) is -1.48. The molecule has 1 heterocycles. The van der Waals surface area contributed by atoms with Crippen LogP contribution in [0.15, 0.2) is 12.3 Å². The van der Waals surface area contributed by atoms with E-state index in [0.29, 0.717) is 12.5 Å². The second-order valence-electron chi connectivity index (χ2n) is 4.29. The van der Waals surface area contributed by atoms with Crippen molar-refractivity contribution in [2.24, 2.45) is 5.92 Å². The third-order valence-electron chi connectivity index (χ3n) is 2.37. The summed E-state index contributed by atoms with van der Waals surface area (Å²) >= 11 is 0. The van der Waals surface area contributed by atoms with Gasteiger partial charge in [0.1, 0.15) is 5.56 Å². The zero-order valence-corrected chi connectivity index (χ0v) is 10.0. The second-order valence-corrected chi connectivity index (χ2v) is 4.29. The molecule has 1 rings (SSSR count). The van der Waals surface area contributed by atoms with Crippen molar-refractivity contribution in [3.8, 4) is 0 Å². The highest BCUT2D eigenvalue weighted by Gasteiger charge is 2.14. The Kier molecular flexibility index (Phi) is 4.87. The summed E-state index contributed by atoms with van der Waals surface area (Å²) in [7, 11) is 0. The van der Waals surface area contributed by atoms with Crippen LogP contribution in [-0.4, -0.2) is 22.6 Å². The number of pyridine rings is 1. The van der Waals surface area contributed by atoms with Crippen LogP contribution in [0.4, 0.5) is 10.2 Å². The van der Waals surface area contributed by atoms with Gasteiger partial charge < -0.3 is 10.4 Å². The quantitative estimate of drug-likeness (QED) is 0.750. The Morgan fingerprint density at radius 3 is 2.88 bits per heavy atom. The topological polar surface area (TPSA) is 62.2 Å². The van der Waals surface area contributed by atoms with E-state index in [2.05, 4.69) is 24.1 Å². The number of nitrogens with zero attached hydrogens (tertiary/aromatic N) is 1. The Balaban J connectivity index is 2.59. The molecule has 0 saturated carbocycles. The molecular formula is C12H17FN2O2. The highest BCUT2D eigenvalue weighted by molar-refractivity contribution is 5.88. The van der Waals surface area contributed by atoms with Crippen molar-refractivity contribution < 1.29 is 14.3 Å². The predicted octanol–water partition coefficient (Wildman–Crippen LogP) is 2.77. The molecule has 1 aromatic rings. The van der Waals surface area contributed by atoms with Gasteiger partial charge in [-0.05, 0) is 24.8 Å². The summed E-state index contributed by atoms with van der Waals surface area (Å²) in [5, 5.41) is 11.6. The van der Waals surface area contributed by atoms with Gasteiger partial charge in [0.25, 0.3) is 0 Å².